The molecule has 0 saturated carbocycles. The molecule has 1 amide bonds. The standard InChI is InChI=1S/C25H29FN2O4S/c1-4-17-7-6-8-22(23(17)26)32-21-10-9-16(15-33(30,31)5-2)13-19(21)20-14-28(3)25(29)24-18(20)11-12-27-24/h6-10,13-14,18,24,27H,4-5,11-12,15H2,1-3H3. The SMILES string of the molecule is CCc1cccc(Oc2ccc(CS(=O)(=O)CC)cc2C2=CN(C)C(=O)C3NCCC23)c1F. The Labute approximate surface area is 194 Å². The summed E-state index contributed by atoms with van der Waals surface area (Å²) < 4.78 is 45.5. The lowest BCUT2D eigenvalue weighted by Gasteiger charge is -2.32. The van der Waals surface area contributed by atoms with Crippen molar-refractivity contribution in [1.82, 2.24) is 10.2 Å². The molecule has 2 aromatic carbocycles. The van der Waals surface area contributed by atoms with Crippen LogP contribution >= 0.6 is 0 Å². The second-order valence-electron chi connectivity index (χ2n) is 8.55. The molecule has 0 bridgehead atoms. The number of sulfone groups is 1. The zero-order valence-corrected chi connectivity index (χ0v) is 19.9. The molecule has 1 fully saturated rings. The first kappa shape index (κ1) is 23.4. The van der Waals surface area contributed by atoms with Crippen molar-refractivity contribution in [2.75, 3.05) is 19.3 Å². The number of hydrogen-bond acceptors (Lipinski definition) is 5. The molecule has 0 aliphatic carbocycles. The number of benzene rings is 2. The van der Waals surface area contributed by atoms with Crippen LogP contribution in [0.15, 0.2) is 42.6 Å². The highest BCUT2D eigenvalue weighted by Gasteiger charge is 2.41. The van der Waals surface area contributed by atoms with Gasteiger partial charge in [0.05, 0.1) is 11.8 Å². The van der Waals surface area contributed by atoms with E-state index in [2.05, 4.69) is 5.32 Å². The summed E-state index contributed by atoms with van der Waals surface area (Å²) in [4.78, 5) is 14.2. The van der Waals surface area contributed by atoms with Crippen molar-refractivity contribution in [2.24, 2.45) is 5.92 Å². The van der Waals surface area contributed by atoms with Gasteiger partial charge < -0.3 is 15.0 Å². The number of carbonyl (C=O) groups excluding carboxylic acids is 1. The number of amides is 1. The van der Waals surface area contributed by atoms with E-state index in [1.165, 1.54) is 0 Å². The highest BCUT2D eigenvalue weighted by atomic mass is 32.2. The number of carbonyl (C=O) groups is 1. The van der Waals surface area contributed by atoms with Gasteiger partial charge in [0.1, 0.15) is 5.75 Å². The molecule has 2 heterocycles. The first-order valence-corrected chi connectivity index (χ1v) is 13.1. The second-order valence-corrected chi connectivity index (χ2v) is 10.9. The van der Waals surface area contributed by atoms with Gasteiger partial charge in [0, 0.05) is 30.5 Å². The van der Waals surface area contributed by atoms with Gasteiger partial charge >= 0.3 is 0 Å². The summed E-state index contributed by atoms with van der Waals surface area (Å²) >= 11 is 0. The average molecular weight is 473 g/mol. The molecule has 33 heavy (non-hydrogen) atoms. The Balaban J connectivity index is 1.82. The van der Waals surface area contributed by atoms with Crippen LogP contribution in [0.5, 0.6) is 11.5 Å². The Bertz CT molecular complexity index is 1210. The minimum absolute atomic E-state index is 0.00451. The second kappa shape index (κ2) is 9.27. The zero-order valence-electron chi connectivity index (χ0n) is 19.1. The molecule has 0 spiro atoms. The van der Waals surface area contributed by atoms with Crippen LogP contribution < -0.4 is 10.1 Å². The number of rotatable bonds is 7. The third-order valence-corrected chi connectivity index (χ3v) is 8.05. The summed E-state index contributed by atoms with van der Waals surface area (Å²) in [5.74, 6) is 0.0190. The van der Waals surface area contributed by atoms with E-state index in [0.29, 0.717) is 35.4 Å². The maximum atomic E-state index is 14.9. The topological polar surface area (TPSA) is 75.7 Å². The van der Waals surface area contributed by atoms with Crippen molar-refractivity contribution < 1.29 is 22.3 Å². The van der Waals surface area contributed by atoms with Crippen LogP contribution in [0.25, 0.3) is 5.57 Å². The molecule has 176 valence electrons. The first-order valence-electron chi connectivity index (χ1n) is 11.2. The van der Waals surface area contributed by atoms with Crippen LogP contribution in [0.3, 0.4) is 0 Å². The Morgan fingerprint density at radius 3 is 2.70 bits per heavy atom. The van der Waals surface area contributed by atoms with E-state index in [4.69, 9.17) is 4.74 Å². The number of fused-ring (bicyclic) bond motifs is 1. The molecule has 1 N–H and O–H groups in total. The molecule has 6 nitrogen and oxygen atoms in total. The number of halogens is 1. The zero-order chi connectivity index (χ0) is 23.8. The molecule has 2 aliphatic heterocycles. The van der Waals surface area contributed by atoms with Crippen molar-refractivity contribution in [3.63, 3.8) is 0 Å². The lowest BCUT2D eigenvalue weighted by atomic mass is 9.84. The monoisotopic (exact) mass is 472 g/mol. The van der Waals surface area contributed by atoms with Gasteiger partial charge in [-0.25, -0.2) is 12.8 Å². The van der Waals surface area contributed by atoms with Crippen molar-refractivity contribution >= 4 is 21.3 Å². The predicted octanol–water partition coefficient (Wildman–Crippen LogP) is 3.91. The highest BCUT2D eigenvalue weighted by molar-refractivity contribution is 7.90. The molecule has 1 saturated heterocycles. The Morgan fingerprint density at radius 1 is 1.18 bits per heavy atom. The van der Waals surface area contributed by atoms with Gasteiger partial charge in [-0.15, -0.1) is 0 Å². The Hall–Kier alpha value is -2.71. The van der Waals surface area contributed by atoms with Gasteiger partial charge in [-0.05, 0) is 54.3 Å². The number of hydrogen-bond donors (Lipinski definition) is 1. The molecule has 4 rings (SSSR count). The third-order valence-electron chi connectivity index (χ3n) is 6.39. The van der Waals surface area contributed by atoms with Crippen molar-refractivity contribution in [1.29, 1.82) is 0 Å². The summed E-state index contributed by atoms with van der Waals surface area (Å²) in [6.07, 6.45) is 3.10. The fourth-order valence-corrected chi connectivity index (χ4v) is 5.41. The van der Waals surface area contributed by atoms with E-state index in [1.807, 2.05) is 6.92 Å². The van der Waals surface area contributed by atoms with E-state index in [1.54, 1.807) is 61.5 Å². The van der Waals surface area contributed by atoms with Crippen LogP contribution in [-0.4, -0.2) is 44.6 Å². The summed E-state index contributed by atoms with van der Waals surface area (Å²) in [5, 5.41) is 3.27. The number of likely N-dealkylation sites (N-methyl/N-ethyl adjacent to an activating group) is 1. The first-order chi connectivity index (χ1) is 15.7. The molecular weight excluding hydrogens is 443 g/mol. The van der Waals surface area contributed by atoms with E-state index in [9.17, 15) is 17.6 Å². The summed E-state index contributed by atoms with van der Waals surface area (Å²) in [6, 6.07) is 9.92. The molecular formula is C25H29FN2O4S. The van der Waals surface area contributed by atoms with Crippen molar-refractivity contribution in [3.8, 4) is 11.5 Å². The lowest BCUT2D eigenvalue weighted by Crippen LogP contribution is -2.46. The summed E-state index contributed by atoms with van der Waals surface area (Å²) in [6.45, 7) is 4.21. The van der Waals surface area contributed by atoms with Gasteiger partial charge in [0.25, 0.3) is 0 Å². The fraction of sp³-hybridized carbons (Fsp3) is 0.400. The lowest BCUT2D eigenvalue weighted by molar-refractivity contribution is -0.130. The van der Waals surface area contributed by atoms with E-state index in [-0.39, 0.29) is 35.1 Å². The quantitative estimate of drug-likeness (QED) is 0.661. The minimum atomic E-state index is -3.24. The number of nitrogens with zero attached hydrogens (tertiary/aromatic N) is 1. The highest BCUT2D eigenvalue weighted by Crippen LogP contribution is 2.42. The largest absolute Gasteiger partial charge is 0.454 e. The van der Waals surface area contributed by atoms with E-state index < -0.39 is 15.7 Å². The molecule has 2 aliphatic rings. The Kier molecular flexibility index (Phi) is 6.59. The minimum Gasteiger partial charge on any atom is -0.454 e. The van der Waals surface area contributed by atoms with Crippen molar-refractivity contribution in [2.45, 2.75) is 38.5 Å². The third kappa shape index (κ3) is 4.68. The van der Waals surface area contributed by atoms with Crippen LogP contribution in [0, 0.1) is 11.7 Å². The molecule has 2 unspecified atom stereocenters. The summed E-state index contributed by atoms with van der Waals surface area (Å²) in [5.41, 5.74) is 2.75. The fourth-order valence-electron chi connectivity index (χ4n) is 4.52. The molecule has 2 aromatic rings. The number of aryl methyl sites for hydroxylation is 1. The van der Waals surface area contributed by atoms with E-state index in [0.717, 1.165) is 12.0 Å². The smallest absolute Gasteiger partial charge is 0.244 e. The maximum absolute atomic E-state index is 14.9. The normalized spacial score (nSPS) is 20.5. The number of ether oxygens (including phenoxy) is 1. The van der Waals surface area contributed by atoms with E-state index >= 15 is 0 Å². The number of nitrogens with one attached hydrogen (secondary N) is 1. The van der Waals surface area contributed by atoms with Gasteiger partial charge in [0.15, 0.2) is 21.4 Å². The Morgan fingerprint density at radius 2 is 1.97 bits per heavy atom. The van der Waals surface area contributed by atoms with Gasteiger partial charge in [-0.2, -0.15) is 0 Å². The molecule has 2 atom stereocenters. The predicted molar refractivity (Wildman–Crippen MR) is 126 cm³/mol. The van der Waals surface area contributed by atoms with Gasteiger partial charge in [-0.1, -0.05) is 32.0 Å². The molecule has 8 heteroatoms. The van der Waals surface area contributed by atoms with Crippen LogP contribution in [0.2, 0.25) is 0 Å². The maximum Gasteiger partial charge on any atom is 0.244 e. The van der Waals surface area contributed by atoms with Crippen LogP contribution in [0.4, 0.5) is 4.39 Å². The summed E-state index contributed by atoms with van der Waals surface area (Å²) in [7, 11) is -1.54. The van der Waals surface area contributed by atoms with Gasteiger partial charge in [0.2, 0.25) is 5.91 Å². The van der Waals surface area contributed by atoms with Gasteiger partial charge in [-0.3, -0.25) is 4.79 Å². The average Bonchev–Trinajstić information content (AvgIpc) is 3.29. The van der Waals surface area contributed by atoms with Crippen LogP contribution in [0.1, 0.15) is 37.0 Å². The van der Waals surface area contributed by atoms with Crippen molar-refractivity contribution in [3.05, 3.63) is 65.1 Å². The molecule has 0 radical (unpaired) electrons. The van der Waals surface area contributed by atoms with Crippen LogP contribution in [-0.2, 0) is 26.8 Å². The molecule has 0 aromatic heterocycles.